The Balaban J connectivity index is 2.71. The number of benzene rings is 1. The second kappa shape index (κ2) is 8.65. The molecule has 0 aliphatic carbocycles. The smallest absolute Gasteiger partial charge is 0.340 e. The standard InChI is InChI=1S/C14H17ClN2O4S/c1-4-16-14(20)17-12(18)8(2)21-13(19)10-7-9(22-3)5-6-11(10)15/h5-8H,4H2,1-3H3,(H2,16,17,18,20)/t8-/m0/s1. The molecule has 0 fully saturated rings. The van der Waals surface area contributed by atoms with Crippen LogP contribution in [0.25, 0.3) is 0 Å². The lowest BCUT2D eigenvalue weighted by atomic mass is 10.2. The average molecular weight is 345 g/mol. The van der Waals surface area contributed by atoms with Crippen molar-refractivity contribution in [2.75, 3.05) is 12.8 Å². The fourth-order valence-electron chi connectivity index (χ4n) is 1.48. The number of hydrogen-bond donors (Lipinski definition) is 2. The summed E-state index contributed by atoms with van der Waals surface area (Å²) in [4.78, 5) is 35.9. The molecule has 22 heavy (non-hydrogen) atoms. The number of hydrogen-bond acceptors (Lipinski definition) is 5. The highest BCUT2D eigenvalue weighted by molar-refractivity contribution is 7.98. The Bertz CT molecular complexity index is 580. The molecule has 0 aliphatic heterocycles. The van der Waals surface area contributed by atoms with E-state index < -0.39 is 24.0 Å². The number of carbonyl (C=O) groups excluding carboxylic acids is 3. The van der Waals surface area contributed by atoms with Gasteiger partial charge in [0.2, 0.25) is 0 Å². The molecular formula is C14H17ClN2O4S. The maximum absolute atomic E-state index is 12.1. The van der Waals surface area contributed by atoms with Crippen LogP contribution in [0.1, 0.15) is 24.2 Å². The van der Waals surface area contributed by atoms with Crippen molar-refractivity contribution >= 4 is 41.3 Å². The van der Waals surface area contributed by atoms with Crippen molar-refractivity contribution in [3.63, 3.8) is 0 Å². The minimum absolute atomic E-state index is 0.172. The highest BCUT2D eigenvalue weighted by Crippen LogP contribution is 2.24. The lowest BCUT2D eigenvalue weighted by Gasteiger charge is -2.14. The number of halogens is 1. The van der Waals surface area contributed by atoms with Gasteiger partial charge >= 0.3 is 12.0 Å². The fraction of sp³-hybridized carbons (Fsp3) is 0.357. The van der Waals surface area contributed by atoms with Gasteiger partial charge < -0.3 is 10.1 Å². The maximum Gasteiger partial charge on any atom is 0.340 e. The van der Waals surface area contributed by atoms with E-state index in [1.165, 1.54) is 18.7 Å². The molecule has 0 aromatic heterocycles. The Morgan fingerprint density at radius 2 is 2.05 bits per heavy atom. The van der Waals surface area contributed by atoms with Crippen LogP contribution < -0.4 is 10.6 Å². The van der Waals surface area contributed by atoms with Crippen LogP contribution in [0.15, 0.2) is 23.1 Å². The molecular weight excluding hydrogens is 328 g/mol. The number of carbonyl (C=O) groups is 3. The SMILES string of the molecule is CCNC(=O)NC(=O)[C@H](C)OC(=O)c1cc(SC)ccc1Cl. The molecule has 1 atom stereocenters. The lowest BCUT2D eigenvalue weighted by molar-refractivity contribution is -0.127. The van der Waals surface area contributed by atoms with E-state index in [1.54, 1.807) is 25.1 Å². The van der Waals surface area contributed by atoms with Crippen LogP contribution in [-0.4, -0.2) is 36.8 Å². The van der Waals surface area contributed by atoms with Gasteiger partial charge in [-0.15, -0.1) is 11.8 Å². The summed E-state index contributed by atoms with van der Waals surface area (Å²) in [6, 6.07) is 4.31. The molecule has 0 heterocycles. The van der Waals surface area contributed by atoms with Gasteiger partial charge in [-0.25, -0.2) is 9.59 Å². The van der Waals surface area contributed by atoms with Gasteiger partial charge in [0, 0.05) is 11.4 Å². The highest BCUT2D eigenvalue weighted by atomic mass is 35.5. The van der Waals surface area contributed by atoms with E-state index in [0.717, 1.165) is 4.90 Å². The summed E-state index contributed by atoms with van der Waals surface area (Å²) in [6.45, 7) is 3.47. The summed E-state index contributed by atoms with van der Waals surface area (Å²) in [6.07, 6.45) is 0.741. The Kier molecular flexibility index (Phi) is 7.20. The van der Waals surface area contributed by atoms with Gasteiger partial charge in [0.1, 0.15) is 0 Å². The molecule has 8 heteroatoms. The molecule has 0 aliphatic rings. The molecule has 0 radical (unpaired) electrons. The summed E-state index contributed by atoms with van der Waals surface area (Å²) >= 11 is 7.41. The third-order valence-corrected chi connectivity index (χ3v) is 3.68. The second-order valence-corrected chi connectivity index (χ2v) is 5.53. The minimum atomic E-state index is -1.12. The molecule has 0 unspecified atom stereocenters. The third kappa shape index (κ3) is 5.23. The highest BCUT2D eigenvalue weighted by Gasteiger charge is 2.22. The summed E-state index contributed by atoms with van der Waals surface area (Å²) in [7, 11) is 0. The predicted octanol–water partition coefficient (Wildman–Crippen LogP) is 2.45. The van der Waals surface area contributed by atoms with E-state index in [-0.39, 0.29) is 10.6 Å². The average Bonchev–Trinajstić information content (AvgIpc) is 2.47. The number of ether oxygens (including phenoxy) is 1. The summed E-state index contributed by atoms with van der Waals surface area (Å²) < 4.78 is 5.03. The Morgan fingerprint density at radius 3 is 2.64 bits per heavy atom. The molecule has 1 aromatic rings. The number of amides is 3. The Labute approximate surface area is 137 Å². The first-order valence-corrected chi connectivity index (χ1v) is 8.12. The molecule has 6 nitrogen and oxygen atoms in total. The van der Waals surface area contributed by atoms with Crippen molar-refractivity contribution in [2.24, 2.45) is 0 Å². The van der Waals surface area contributed by atoms with E-state index in [1.807, 2.05) is 6.26 Å². The van der Waals surface area contributed by atoms with E-state index in [0.29, 0.717) is 6.54 Å². The van der Waals surface area contributed by atoms with Crippen molar-refractivity contribution in [1.29, 1.82) is 0 Å². The van der Waals surface area contributed by atoms with Gasteiger partial charge in [0.25, 0.3) is 5.91 Å². The molecule has 0 saturated heterocycles. The van der Waals surface area contributed by atoms with E-state index in [9.17, 15) is 14.4 Å². The van der Waals surface area contributed by atoms with Crippen LogP contribution in [-0.2, 0) is 9.53 Å². The fourth-order valence-corrected chi connectivity index (χ4v) is 2.12. The largest absolute Gasteiger partial charge is 0.449 e. The predicted molar refractivity (Wildman–Crippen MR) is 85.3 cm³/mol. The molecule has 120 valence electrons. The van der Waals surface area contributed by atoms with E-state index >= 15 is 0 Å². The van der Waals surface area contributed by atoms with Gasteiger partial charge in [-0.2, -0.15) is 0 Å². The first-order valence-electron chi connectivity index (χ1n) is 6.52. The van der Waals surface area contributed by atoms with Gasteiger partial charge in [-0.05, 0) is 38.3 Å². The summed E-state index contributed by atoms with van der Waals surface area (Å²) in [5, 5.41) is 4.71. The lowest BCUT2D eigenvalue weighted by Crippen LogP contribution is -2.44. The van der Waals surface area contributed by atoms with Crippen LogP contribution in [0.3, 0.4) is 0 Å². The maximum atomic E-state index is 12.1. The zero-order valence-corrected chi connectivity index (χ0v) is 14.0. The van der Waals surface area contributed by atoms with Crippen LogP contribution in [0.2, 0.25) is 5.02 Å². The number of urea groups is 1. The quantitative estimate of drug-likeness (QED) is 0.633. The van der Waals surface area contributed by atoms with Gasteiger partial charge in [-0.3, -0.25) is 10.1 Å². The Hall–Kier alpha value is -1.73. The monoisotopic (exact) mass is 344 g/mol. The van der Waals surface area contributed by atoms with Crippen LogP contribution in [0.4, 0.5) is 4.79 Å². The summed E-state index contributed by atoms with van der Waals surface area (Å²) in [5.41, 5.74) is 0.172. The van der Waals surface area contributed by atoms with Crippen LogP contribution in [0.5, 0.6) is 0 Å². The van der Waals surface area contributed by atoms with E-state index in [2.05, 4.69) is 10.6 Å². The number of esters is 1. The molecule has 0 bridgehead atoms. The Morgan fingerprint density at radius 1 is 1.36 bits per heavy atom. The summed E-state index contributed by atoms with van der Waals surface area (Å²) in [5.74, 6) is -1.43. The number of nitrogens with one attached hydrogen (secondary N) is 2. The van der Waals surface area contributed by atoms with Crippen molar-refractivity contribution in [1.82, 2.24) is 10.6 Å². The van der Waals surface area contributed by atoms with E-state index in [4.69, 9.17) is 16.3 Å². The molecule has 1 aromatic carbocycles. The zero-order chi connectivity index (χ0) is 16.7. The molecule has 3 amide bonds. The number of rotatable bonds is 5. The third-order valence-electron chi connectivity index (χ3n) is 2.62. The molecule has 1 rings (SSSR count). The number of thioether (sulfide) groups is 1. The van der Waals surface area contributed by atoms with Crippen molar-refractivity contribution in [3.8, 4) is 0 Å². The molecule has 0 spiro atoms. The number of imide groups is 1. The minimum Gasteiger partial charge on any atom is -0.449 e. The molecule has 0 saturated carbocycles. The van der Waals surface area contributed by atoms with Gasteiger partial charge in [0.15, 0.2) is 6.10 Å². The van der Waals surface area contributed by atoms with Crippen LogP contribution >= 0.6 is 23.4 Å². The topological polar surface area (TPSA) is 84.5 Å². The molecule has 2 N–H and O–H groups in total. The normalized spacial score (nSPS) is 11.5. The second-order valence-electron chi connectivity index (χ2n) is 4.24. The van der Waals surface area contributed by atoms with Crippen LogP contribution in [0, 0.1) is 0 Å². The first-order chi connectivity index (χ1) is 10.4. The first kappa shape index (κ1) is 18.3. The van der Waals surface area contributed by atoms with Crippen molar-refractivity contribution < 1.29 is 19.1 Å². The van der Waals surface area contributed by atoms with Gasteiger partial charge in [-0.1, -0.05) is 11.6 Å². The zero-order valence-electron chi connectivity index (χ0n) is 12.4. The van der Waals surface area contributed by atoms with Crippen molar-refractivity contribution in [2.45, 2.75) is 24.8 Å². The van der Waals surface area contributed by atoms with Gasteiger partial charge in [0.05, 0.1) is 10.6 Å². The van der Waals surface area contributed by atoms with Crippen molar-refractivity contribution in [3.05, 3.63) is 28.8 Å².